The second-order valence-corrected chi connectivity index (χ2v) is 4.81. The summed E-state index contributed by atoms with van der Waals surface area (Å²) in [7, 11) is -0.750. The van der Waals surface area contributed by atoms with Gasteiger partial charge in [0.25, 0.3) is 0 Å². The Hall–Kier alpha value is -0.430. The molecule has 0 fully saturated rings. The fourth-order valence-corrected chi connectivity index (χ4v) is 2.70. The predicted octanol–water partition coefficient (Wildman–Crippen LogP) is 3.88. The summed E-state index contributed by atoms with van der Waals surface area (Å²) < 4.78 is 11.1. The van der Waals surface area contributed by atoms with Gasteiger partial charge < -0.3 is 9.05 Å². The summed E-state index contributed by atoms with van der Waals surface area (Å²) in [5, 5.41) is 0. The van der Waals surface area contributed by atoms with Crippen molar-refractivity contribution in [2.45, 2.75) is 26.9 Å². The third-order valence-electron chi connectivity index (χ3n) is 1.94. The zero-order chi connectivity index (χ0) is 11.1. The fraction of sp³-hybridized carbons (Fsp3) is 0.500. The molecule has 84 valence electrons. The molecule has 2 nitrogen and oxygen atoms in total. The lowest BCUT2D eigenvalue weighted by Crippen LogP contribution is -1.94. The van der Waals surface area contributed by atoms with E-state index in [1.807, 2.05) is 13.8 Å². The zero-order valence-corrected chi connectivity index (χ0v) is 10.6. The van der Waals surface area contributed by atoms with Crippen molar-refractivity contribution in [2.75, 3.05) is 13.2 Å². The van der Waals surface area contributed by atoms with E-state index in [2.05, 4.69) is 31.2 Å². The molecule has 1 aromatic carbocycles. The average molecular weight is 226 g/mol. The minimum atomic E-state index is -0.750. The molecule has 0 N–H and O–H groups in total. The predicted molar refractivity (Wildman–Crippen MR) is 65.1 cm³/mol. The lowest BCUT2D eigenvalue weighted by molar-refractivity contribution is 0.268. The third kappa shape index (κ3) is 4.74. The highest BCUT2D eigenvalue weighted by molar-refractivity contribution is 7.46. The van der Waals surface area contributed by atoms with Crippen LogP contribution in [0.15, 0.2) is 24.3 Å². The minimum absolute atomic E-state index is 0.720. The SMILES string of the molecule is CCOP(Cc1cccc(C)c1)OCC. The Labute approximate surface area is 93.5 Å². The minimum Gasteiger partial charge on any atom is -0.334 e. The molecule has 15 heavy (non-hydrogen) atoms. The van der Waals surface area contributed by atoms with E-state index < -0.39 is 8.38 Å². The summed E-state index contributed by atoms with van der Waals surface area (Å²) in [4.78, 5) is 0. The lowest BCUT2D eigenvalue weighted by atomic mass is 10.2. The van der Waals surface area contributed by atoms with Crippen molar-refractivity contribution in [3.05, 3.63) is 35.4 Å². The van der Waals surface area contributed by atoms with Gasteiger partial charge in [0.2, 0.25) is 0 Å². The van der Waals surface area contributed by atoms with Gasteiger partial charge in [0.1, 0.15) is 0 Å². The van der Waals surface area contributed by atoms with Crippen LogP contribution in [-0.4, -0.2) is 13.2 Å². The maximum atomic E-state index is 5.57. The summed E-state index contributed by atoms with van der Waals surface area (Å²) in [6.07, 6.45) is 0.888. The van der Waals surface area contributed by atoms with Crippen molar-refractivity contribution >= 4 is 8.38 Å². The topological polar surface area (TPSA) is 18.5 Å². The van der Waals surface area contributed by atoms with Gasteiger partial charge in [-0.05, 0) is 26.3 Å². The molecule has 0 spiro atoms. The fourth-order valence-electron chi connectivity index (χ4n) is 1.38. The van der Waals surface area contributed by atoms with Crippen LogP contribution in [0.4, 0.5) is 0 Å². The lowest BCUT2D eigenvalue weighted by Gasteiger charge is -2.15. The number of rotatable bonds is 6. The van der Waals surface area contributed by atoms with Crippen LogP contribution in [0.2, 0.25) is 0 Å². The Kier molecular flexibility index (Phi) is 5.85. The molecule has 0 aliphatic carbocycles. The molecule has 1 rings (SSSR count). The molecule has 0 heterocycles. The van der Waals surface area contributed by atoms with Crippen LogP contribution in [-0.2, 0) is 15.2 Å². The van der Waals surface area contributed by atoms with Gasteiger partial charge >= 0.3 is 0 Å². The molecule has 0 unspecified atom stereocenters. The van der Waals surface area contributed by atoms with Crippen LogP contribution < -0.4 is 0 Å². The molecule has 0 amide bonds. The third-order valence-corrected chi connectivity index (χ3v) is 3.66. The maximum Gasteiger partial charge on any atom is 0.175 e. The first-order chi connectivity index (χ1) is 7.26. The zero-order valence-electron chi connectivity index (χ0n) is 9.69. The van der Waals surface area contributed by atoms with Gasteiger partial charge in [-0.1, -0.05) is 29.8 Å². The van der Waals surface area contributed by atoms with Crippen molar-refractivity contribution < 1.29 is 9.05 Å². The normalized spacial score (nSPS) is 10.9. The van der Waals surface area contributed by atoms with Crippen molar-refractivity contribution in [2.24, 2.45) is 0 Å². The molecule has 1 aromatic rings. The smallest absolute Gasteiger partial charge is 0.175 e. The van der Waals surface area contributed by atoms with E-state index >= 15 is 0 Å². The van der Waals surface area contributed by atoms with Crippen molar-refractivity contribution in [1.29, 1.82) is 0 Å². The van der Waals surface area contributed by atoms with Gasteiger partial charge in [0, 0.05) is 6.16 Å². The highest BCUT2D eigenvalue weighted by Gasteiger charge is 2.09. The molecule has 0 aromatic heterocycles. The van der Waals surface area contributed by atoms with Crippen LogP contribution in [0, 0.1) is 6.92 Å². The molecule has 0 aliphatic rings. The first-order valence-electron chi connectivity index (χ1n) is 5.35. The maximum absolute atomic E-state index is 5.57. The van der Waals surface area contributed by atoms with Crippen molar-refractivity contribution in [1.82, 2.24) is 0 Å². The van der Waals surface area contributed by atoms with Gasteiger partial charge in [0.15, 0.2) is 8.38 Å². The molecule has 0 saturated heterocycles. The van der Waals surface area contributed by atoms with Gasteiger partial charge in [-0.2, -0.15) is 0 Å². The monoisotopic (exact) mass is 226 g/mol. The van der Waals surface area contributed by atoms with E-state index in [4.69, 9.17) is 9.05 Å². The number of benzene rings is 1. The quantitative estimate of drug-likeness (QED) is 0.685. The summed E-state index contributed by atoms with van der Waals surface area (Å²) in [5.41, 5.74) is 2.58. The first-order valence-corrected chi connectivity index (χ1v) is 6.71. The molecular weight excluding hydrogens is 207 g/mol. The van der Waals surface area contributed by atoms with Gasteiger partial charge in [0.05, 0.1) is 13.2 Å². The van der Waals surface area contributed by atoms with Gasteiger partial charge in [-0.25, -0.2) is 0 Å². The van der Waals surface area contributed by atoms with E-state index in [0.717, 1.165) is 19.4 Å². The molecule has 0 radical (unpaired) electrons. The van der Waals surface area contributed by atoms with Crippen LogP contribution in [0.1, 0.15) is 25.0 Å². The van der Waals surface area contributed by atoms with E-state index in [1.54, 1.807) is 0 Å². The van der Waals surface area contributed by atoms with Gasteiger partial charge in [-0.15, -0.1) is 0 Å². The molecular formula is C12H19O2P. The molecule has 3 heteroatoms. The van der Waals surface area contributed by atoms with E-state index in [-0.39, 0.29) is 0 Å². The van der Waals surface area contributed by atoms with Crippen LogP contribution >= 0.6 is 8.38 Å². The van der Waals surface area contributed by atoms with Crippen LogP contribution in [0.3, 0.4) is 0 Å². The molecule has 0 aliphatic heterocycles. The van der Waals surface area contributed by atoms with Crippen molar-refractivity contribution in [3.8, 4) is 0 Å². The van der Waals surface area contributed by atoms with E-state index in [1.165, 1.54) is 11.1 Å². The Morgan fingerprint density at radius 2 is 1.80 bits per heavy atom. The second kappa shape index (κ2) is 6.95. The highest BCUT2D eigenvalue weighted by Crippen LogP contribution is 2.41. The van der Waals surface area contributed by atoms with E-state index in [9.17, 15) is 0 Å². The Balaban J connectivity index is 2.56. The number of aryl methyl sites for hydroxylation is 1. The summed E-state index contributed by atoms with van der Waals surface area (Å²) in [6.45, 7) is 7.55. The first kappa shape index (κ1) is 12.6. The summed E-state index contributed by atoms with van der Waals surface area (Å²) in [5.74, 6) is 0. The molecule has 0 atom stereocenters. The average Bonchev–Trinajstić information content (AvgIpc) is 2.18. The van der Waals surface area contributed by atoms with Crippen LogP contribution in [0.5, 0.6) is 0 Å². The van der Waals surface area contributed by atoms with E-state index in [0.29, 0.717) is 0 Å². The number of hydrogen-bond acceptors (Lipinski definition) is 2. The Morgan fingerprint density at radius 3 is 2.33 bits per heavy atom. The Bertz CT molecular complexity index is 283. The standard InChI is InChI=1S/C12H19O2P/c1-4-13-15(14-5-2)10-12-8-6-7-11(3)9-12/h6-9H,4-5,10H2,1-3H3. The second-order valence-electron chi connectivity index (χ2n) is 3.32. The molecule has 0 saturated carbocycles. The van der Waals surface area contributed by atoms with Crippen LogP contribution in [0.25, 0.3) is 0 Å². The largest absolute Gasteiger partial charge is 0.334 e. The van der Waals surface area contributed by atoms with Crippen molar-refractivity contribution in [3.63, 3.8) is 0 Å². The Morgan fingerprint density at radius 1 is 1.13 bits per heavy atom. The highest BCUT2D eigenvalue weighted by atomic mass is 31.2. The molecule has 0 bridgehead atoms. The summed E-state index contributed by atoms with van der Waals surface area (Å²) in [6, 6.07) is 8.50. The number of hydrogen-bond donors (Lipinski definition) is 0. The summed E-state index contributed by atoms with van der Waals surface area (Å²) >= 11 is 0. The van der Waals surface area contributed by atoms with Gasteiger partial charge in [-0.3, -0.25) is 0 Å².